The maximum Gasteiger partial charge on any atom is 0.229 e. The number of hydrogen-bond acceptors (Lipinski definition) is 11. The topological polar surface area (TPSA) is 175 Å². The summed E-state index contributed by atoms with van der Waals surface area (Å²) in [4.78, 5) is 13.1. The first-order valence-electron chi connectivity index (χ1n) is 10.1. The average Bonchev–Trinajstić information content (AvgIpc) is 2.81. The number of carbonyl (C=O) groups is 1. The first-order valence-corrected chi connectivity index (χ1v) is 10.1. The highest BCUT2D eigenvalue weighted by molar-refractivity contribution is 6.05. The van der Waals surface area contributed by atoms with Crippen molar-refractivity contribution in [1.29, 1.82) is 0 Å². The van der Waals surface area contributed by atoms with Gasteiger partial charge >= 0.3 is 0 Å². The zero-order valence-electron chi connectivity index (χ0n) is 17.4. The fourth-order valence-corrected chi connectivity index (χ4v) is 3.80. The predicted molar refractivity (Wildman–Crippen MR) is 109 cm³/mol. The van der Waals surface area contributed by atoms with E-state index in [4.69, 9.17) is 18.9 Å². The highest BCUT2D eigenvalue weighted by Crippen LogP contribution is 2.43. The summed E-state index contributed by atoms with van der Waals surface area (Å²) in [6.07, 6.45) is -10.4. The smallest absolute Gasteiger partial charge is 0.229 e. The first-order chi connectivity index (χ1) is 15.7. The summed E-state index contributed by atoms with van der Waals surface area (Å²) < 4.78 is 22.1. The van der Waals surface area contributed by atoms with Crippen molar-refractivity contribution >= 4 is 5.78 Å². The minimum Gasteiger partial charge on any atom is -0.508 e. The van der Waals surface area contributed by atoms with Crippen molar-refractivity contribution in [2.75, 3.05) is 13.7 Å². The van der Waals surface area contributed by atoms with E-state index in [1.54, 1.807) is 0 Å². The Labute approximate surface area is 188 Å². The first kappa shape index (κ1) is 23.2. The van der Waals surface area contributed by atoms with E-state index >= 15 is 0 Å². The van der Waals surface area contributed by atoms with Gasteiger partial charge in [0.1, 0.15) is 53.0 Å². The van der Waals surface area contributed by atoms with E-state index in [1.807, 2.05) is 0 Å². The zero-order chi connectivity index (χ0) is 23.9. The van der Waals surface area contributed by atoms with Crippen molar-refractivity contribution < 1.29 is 54.4 Å². The number of aliphatic hydroxyl groups excluding tert-OH is 5. The molecule has 11 nitrogen and oxygen atoms in total. The lowest BCUT2D eigenvalue weighted by molar-refractivity contribution is -0.277. The van der Waals surface area contributed by atoms with Gasteiger partial charge in [-0.05, 0) is 17.7 Å². The van der Waals surface area contributed by atoms with Gasteiger partial charge in [0, 0.05) is 12.1 Å². The van der Waals surface area contributed by atoms with Gasteiger partial charge in [-0.3, -0.25) is 4.79 Å². The molecule has 0 amide bonds. The third-order valence-electron chi connectivity index (χ3n) is 5.64. The van der Waals surface area contributed by atoms with Crippen LogP contribution in [-0.2, 0) is 4.74 Å². The molecule has 2 aliphatic rings. The highest BCUT2D eigenvalue weighted by Gasteiger charge is 2.46. The number of aromatic hydroxyl groups is 1. The number of ketones is 1. The summed E-state index contributed by atoms with van der Waals surface area (Å²) in [5.74, 6) is -0.643. The number of Topliss-reactive ketones (excluding diaryl/α,β-unsaturated/α-hetero) is 1. The van der Waals surface area contributed by atoms with Crippen LogP contribution >= 0.6 is 0 Å². The molecule has 0 bridgehead atoms. The van der Waals surface area contributed by atoms with Gasteiger partial charge < -0.3 is 49.6 Å². The number of ether oxygens (including phenoxy) is 4. The van der Waals surface area contributed by atoms with Crippen molar-refractivity contribution in [3.63, 3.8) is 0 Å². The van der Waals surface area contributed by atoms with Crippen LogP contribution in [0.1, 0.15) is 22.0 Å². The summed E-state index contributed by atoms with van der Waals surface area (Å²) in [6, 6.07) is 8.54. The molecule has 0 saturated carbocycles. The Balaban J connectivity index is 1.70. The van der Waals surface area contributed by atoms with Crippen molar-refractivity contribution in [2.24, 2.45) is 0 Å². The van der Waals surface area contributed by atoms with Gasteiger partial charge in [0.15, 0.2) is 12.2 Å². The highest BCUT2D eigenvalue weighted by atomic mass is 16.7. The second kappa shape index (κ2) is 9.14. The van der Waals surface area contributed by atoms with E-state index in [-0.39, 0.29) is 28.6 Å². The average molecular weight is 464 g/mol. The van der Waals surface area contributed by atoms with E-state index in [0.29, 0.717) is 5.56 Å². The number of hydrogen-bond donors (Lipinski definition) is 6. The summed E-state index contributed by atoms with van der Waals surface area (Å²) in [5.41, 5.74) is 0.300. The summed E-state index contributed by atoms with van der Waals surface area (Å²) in [6.45, 7) is -0.657. The lowest BCUT2D eigenvalue weighted by Gasteiger charge is -2.40. The van der Waals surface area contributed by atoms with Gasteiger partial charge in [-0.1, -0.05) is 12.1 Å². The normalized spacial score (nSPS) is 31.5. The SMILES string of the molecule is COc1cc(O[C@@H]2O[C@H](CO)[C@@H](O)[C@H](O)[C@H]2O)c2c(c1)O[C@@H](c1ccc(O)cc1)[C@H](O)C2=O. The molecule has 6 N–H and O–H groups in total. The maximum atomic E-state index is 13.1. The second-order valence-electron chi connectivity index (χ2n) is 7.75. The molecule has 1 saturated heterocycles. The lowest BCUT2D eigenvalue weighted by atomic mass is 9.92. The predicted octanol–water partition coefficient (Wildman–Crippen LogP) is -0.743. The number of carbonyl (C=O) groups excluding carboxylic acids is 1. The van der Waals surface area contributed by atoms with Crippen LogP contribution in [0.15, 0.2) is 36.4 Å². The quantitative estimate of drug-likeness (QED) is 0.329. The molecule has 178 valence electrons. The van der Waals surface area contributed by atoms with Gasteiger partial charge in [0.25, 0.3) is 0 Å². The number of rotatable bonds is 5. The Kier molecular flexibility index (Phi) is 6.43. The molecule has 0 aliphatic carbocycles. The van der Waals surface area contributed by atoms with Crippen LogP contribution in [0.25, 0.3) is 0 Å². The van der Waals surface area contributed by atoms with Gasteiger partial charge in [-0.2, -0.15) is 0 Å². The van der Waals surface area contributed by atoms with Crippen molar-refractivity contribution in [1.82, 2.24) is 0 Å². The van der Waals surface area contributed by atoms with E-state index in [9.17, 15) is 35.4 Å². The van der Waals surface area contributed by atoms with Crippen LogP contribution in [-0.4, -0.2) is 86.9 Å². The largest absolute Gasteiger partial charge is 0.508 e. The molecule has 1 fully saturated rings. The molecule has 0 unspecified atom stereocenters. The molecule has 7 atom stereocenters. The Bertz CT molecular complexity index is 1010. The van der Waals surface area contributed by atoms with Crippen LogP contribution in [0.4, 0.5) is 0 Å². The molecule has 0 aromatic heterocycles. The summed E-state index contributed by atoms with van der Waals surface area (Å²) in [5, 5.41) is 59.8. The molecule has 11 heteroatoms. The standard InChI is InChI=1S/C22H24O11/c1-30-11-6-12-15(17(26)19(28)21(31-12)9-2-4-10(24)5-3-9)13(7-11)32-22-20(29)18(27)16(25)14(8-23)33-22/h2-7,14,16,18-25,27-29H,8H2,1H3/t14-,16-,18+,19-,20-,21+,22-/m1/s1. The van der Waals surface area contributed by atoms with Crippen LogP contribution in [0.2, 0.25) is 0 Å². The number of benzene rings is 2. The zero-order valence-corrected chi connectivity index (χ0v) is 17.4. The second-order valence-corrected chi connectivity index (χ2v) is 7.75. The molecule has 4 rings (SSSR count). The molecular formula is C22H24O11. The van der Waals surface area contributed by atoms with Crippen molar-refractivity contribution in [3.8, 4) is 23.0 Å². The van der Waals surface area contributed by atoms with Crippen molar-refractivity contribution in [2.45, 2.75) is 42.9 Å². The Morgan fingerprint density at radius 1 is 1.00 bits per heavy atom. The van der Waals surface area contributed by atoms with E-state index in [0.717, 1.165) is 0 Å². The number of phenolic OH excluding ortho intramolecular Hbond substituents is 1. The fourth-order valence-electron chi connectivity index (χ4n) is 3.80. The van der Waals surface area contributed by atoms with Crippen molar-refractivity contribution in [3.05, 3.63) is 47.5 Å². The van der Waals surface area contributed by atoms with E-state index in [2.05, 4.69) is 0 Å². The third kappa shape index (κ3) is 4.22. The van der Waals surface area contributed by atoms with Gasteiger partial charge in [0.05, 0.1) is 13.7 Å². The minimum absolute atomic E-state index is 0.00709. The number of methoxy groups -OCH3 is 1. The minimum atomic E-state index is -1.71. The Morgan fingerprint density at radius 3 is 2.33 bits per heavy atom. The summed E-state index contributed by atoms with van der Waals surface area (Å²) >= 11 is 0. The van der Waals surface area contributed by atoms with E-state index in [1.165, 1.54) is 43.5 Å². The number of aliphatic hydroxyl groups is 5. The molecule has 0 spiro atoms. The van der Waals surface area contributed by atoms with Gasteiger partial charge in [-0.25, -0.2) is 0 Å². The maximum absolute atomic E-state index is 13.1. The van der Waals surface area contributed by atoms with Crippen LogP contribution < -0.4 is 14.2 Å². The lowest BCUT2D eigenvalue weighted by Crippen LogP contribution is -2.60. The molecule has 0 radical (unpaired) electrons. The fraction of sp³-hybridized carbons (Fsp3) is 0.409. The molecule has 2 aromatic rings. The monoisotopic (exact) mass is 464 g/mol. The van der Waals surface area contributed by atoms with Crippen LogP contribution in [0.3, 0.4) is 0 Å². The molecular weight excluding hydrogens is 440 g/mol. The Hall–Kier alpha value is -2.93. The molecule has 2 heterocycles. The van der Waals surface area contributed by atoms with Gasteiger partial charge in [0.2, 0.25) is 12.1 Å². The number of phenols is 1. The number of fused-ring (bicyclic) bond motifs is 1. The van der Waals surface area contributed by atoms with Crippen LogP contribution in [0.5, 0.6) is 23.0 Å². The molecule has 2 aromatic carbocycles. The summed E-state index contributed by atoms with van der Waals surface area (Å²) in [7, 11) is 1.37. The third-order valence-corrected chi connectivity index (χ3v) is 5.64. The van der Waals surface area contributed by atoms with E-state index < -0.39 is 55.3 Å². The van der Waals surface area contributed by atoms with Crippen LogP contribution in [0, 0.1) is 0 Å². The Morgan fingerprint density at radius 2 is 1.70 bits per heavy atom. The molecule has 33 heavy (non-hydrogen) atoms. The van der Waals surface area contributed by atoms with Gasteiger partial charge in [-0.15, -0.1) is 0 Å². The molecule has 2 aliphatic heterocycles.